The number of thioether (sulfide) groups is 1. The second-order valence-corrected chi connectivity index (χ2v) is 6.83. The fraction of sp³-hybridized carbons (Fsp3) is 0.167. The monoisotopic (exact) mass is 410 g/mol. The van der Waals surface area contributed by atoms with Gasteiger partial charge in [-0.3, -0.25) is 14.5 Å². The van der Waals surface area contributed by atoms with Crippen molar-refractivity contribution in [1.82, 2.24) is 0 Å². The maximum atomic E-state index is 12.4. The Morgan fingerprint density at radius 3 is 2.46 bits per heavy atom. The number of alkyl halides is 3. The number of nitrogens with one attached hydrogen (secondary N) is 1. The van der Waals surface area contributed by atoms with E-state index in [9.17, 15) is 27.6 Å². The van der Waals surface area contributed by atoms with Crippen LogP contribution < -0.4 is 10.2 Å². The highest BCUT2D eigenvalue weighted by Gasteiger charge is 2.29. The number of esters is 1. The number of fused-ring (bicyclic) bond motifs is 1. The molecule has 0 bridgehead atoms. The minimum absolute atomic E-state index is 0.0103. The van der Waals surface area contributed by atoms with Gasteiger partial charge >= 0.3 is 11.5 Å². The zero-order valence-corrected chi connectivity index (χ0v) is 15.0. The zero-order chi connectivity index (χ0) is 20.3. The van der Waals surface area contributed by atoms with Gasteiger partial charge in [-0.15, -0.1) is 0 Å². The summed E-state index contributed by atoms with van der Waals surface area (Å²) in [5.41, 5.74) is -3.46. The quantitative estimate of drug-likeness (QED) is 0.617. The highest BCUT2D eigenvalue weighted by molar-refractivity contribution is 8.00. The van der Waals surface area contributed by atoms with E-state index in [0.29, 0.717) is 11.4 Å². The van der Waals surface area contributed by atoms with Gasteiger partial charge in [-0.25, -0.2) is 4.79 Å². The summed E-state index contributed by atoms with van der Waals surface area (Å²) in [5, 5.41) is 2.63. The zero-order valence-electron chi connectivity index (χ0n) is 14.2. The summed E-state index contributed by atoms with van der Waals surface area (Å²) in [5.74, 6) is -1.83. The number of halogens is 3. The smallest absolute Gasteiger partial charge is 0.446 e. The number of para-hydroxylation sites is 2. The summed E-state index contributed by atoms with van der Waals surface area (Å²) >= 11 is -0.299. The van der Waals surface area contributed by atoms with E-state index in [1.165, 1.54) is 17.0 Å². The lowest BCUT2D eigenvalue weighted by Crippen LogP contribution is -2.44. The van der Waals surface area contributed by atoms with E-state index in [1.807, 2.05) is 0 Å². The van der Waals surface area contributed by atoms with E-state index >= 15 is 0 Å². The fourth-order valence-electron chi connectivity index (χ4n) is 2.54. The van der Waals surface area contributed by atoms with Crippen LogP contribution in [0.4, 0.5) is 24.5 Å². The van der Waals surface area contributed by atoms with Crippen LogP contribution >= 0.6 is 11.8 Å². The van der Waals surface area contributed by atoms with Crippen molar-refractivity contribution in [2.45, 2.75) is 10.4 Å². The van der Waals surface area contributed by atoms with Crippen LogP contribution in [0.25, 0.3) is 0 Å². The molecular weight excluding hydrogens is 397 g/mol. The fourth-order valence-corrected chi connectivity index (χ4v) is 3.08. The van der Waals surface area contributed by atoms with Crippen LogP contribution in [0.15, 0.2) is 53.4 Å². The van der Waals surface area contributed by atoms with Gasteiger partial charge in [-0.2, -0.15) is 13.2 Å². The molecule has 2 aromatic rings. The van der Waals surface area contributed by atoms with E-state index in [1.54, 1.807) is 24.3 Å². The first-order chi connectivity index (χ1) is 13.2. The SMILES string of the molecule is O=C1CN(C(=O)COC(=O)c2ccc(SC(F)(F)F)cc2)c2ccccc2N1. The van der Waals surface area contributed by atoms with Crippen LogP contribution in [-0.4, -0.2) is 36.4 Å². The number of carbonyl (C=O) groups is 3. The number of carbonyl (C=O) groups excluding carboxylic acids is 3. The maximum Gasteiger partial charge on any atom is 0.446 e. The number of hydrogen-bond acceptors (Lipinski definition) is 5. The van der Waals surface area contributed by atoms with Gasteiger partial charge in [-0.05, 0) is 48.2 Å². The van der Waals surface area contributed by atoms with Gasteiger partial charge in [0, 0.05) is 4.90 Å². The Hall–Kier alpha value is -3.01. The van der Waals surface area contributed by atoms with Gasteiger partial charge in [0.05, 0.1) is 16.9 Å². The minimum atomic E-state index is -4.43. The molecule has 0 saturated heterocycles. The summed E-state index contributed by atoms with van der Waals surface area (Å²) in [4.78, 5) is 37.3. The molecule has 0 atom stereocenters. The van der Waals surface area contributed by atoms with E-state index in [-0.39, 0.29) is 34.7 Å². The molecule has 1 aliphatic heterocycles. The molecule has 0 spiro atoms. The third-order valence-corrected chi connectivity index (χ3v) is 4.46. The van der Waals surface area contributed by atoms with Gasteiger partial charge < -0.3 is 10.1 Å². The van der Waals surface area contributed by atoms with Crippen molar-refractivity contribution < 1.29 is 32.3 Å². The number of hydrogen-bond donors (Lipinski definition) is 1. The minimum Gasteiger partial charge on any atom is -0.452 e. The molecular formula is C18H13F3N2O4S. The first-order valence-electron chi connectivity index (χ1n) is 7.95. The maximum absolute atomic E-state index is 12.4. The summed E-state index contributed by atoms with van der Waals surface area (Å²) in [6.45, 7) is -0.823. The van der Waals surface area contributed by atoms with Crippen LogP contribution in [0.1, 0.15) is 10.4 Å². The summed E-state index contributed by atoms with van der Waals surface area (Å²) in [6, 6.07) is 11.3. The first kappa shape index (κ1) is 19.7. The number of ether oxygens (including phenoxy) is 1. The molecule has 0 unspecified atom stereocenters. The van der Waals surface area contributed by atoms with Crippen LogP contribution in [0.2, 0.25) is 0 Å². The van der Waals surface area contributed by atoms with Gasteiger partial charge in [-0.1, -0.05) is 12.1 Å². The molecule has 0 aromatic heterocycles. The number of anilines is 2. The number of nitrogens with zero attached hydrogens (tertiary/aromatic N) is 1. The molecule has 0 radical (unpaired) electrons. The molecule has 3 rings (SSSR count). The largest absolute Gasteiger partial charge is 0.452 e. The molecule has 0 aliphatic carbocycles. The highest BCUT2D eigenvalue weighted by Crippen LogP contribution is 2.36. The molecule has 0 saturated carbocycles. The molecule has 1 heterocycles. The van der Waals surface area contributed by atoms with E-state index < -0.39 is 24.0 Å². The predicted octanol–water partition coefficient (Wildman–Crippen LogP) is 3.44. The Morgan fingerprint density at radius 1 is 1.11 bits per heavy atom. The molecule has 146 valence electrons. The van der Waals surface area contributed by atoms with Crippen LogP contribution in [0.3, 0.4) is 0 Å². The predicted molar refractivity (Wildman–Crippen MR) is 96.1 cm³/mol. The van der Waals surface area contributed by atoms with E-state index in [0.717, 1.165) is 12.1 Å². The van der Waals surface area contributed by atoms with E-state index in [2.05, 4.69) is 5.32 Å². The molecule has 2 aromatic carbocycles. The van der Waals surface area contributed by atoms with Crippen molar-refractivity contribution in [3.63, 3.8) is 0 Å². The number of benzene rings is 2. The van der Waals surface area contributed by atoms with Crippen molar-refractivity contribution in [2.75, 3.05) is 23.4 Å². The standard InChI is InChI=1S/C18H13F3N2O4S/c19-18(20,21)28-12-7-5-11(6-8-12)17(26)27-10-16(25)23-9-15(24)22-13-3-1-2-4-14(13)23/h1-8H,9-10H2,(H,22,24). The lowest BCUT2D eigenvalue weighted by molar-refractivity contribution is -0.124. The normalized spacial score (nSPS) is 13.5. The third-order valence-electron chi connectivity index (χ3n) is 3.72. The van der Waals surface area contributed by atoms with Crippen molar-refractivity contribution >= 4 is 40.9 Å². The molecule has 6 nitrogen and oxygen atoms in total. The topological polar surface area (TPSA) is 75.7 Å². The third kappa shape index (κ3) is 4.83. The lowest BCUT2D eigenvalue weighted by Gasteiger charge is -2.28. The summed E-state index contributed by atoms with van der Waals surface area (Å²) < 4.78 is 41.9. The molecule has 1 N–H and O–H groups in total. The Bertz CT molecular complexity index is 916. The van der Waals surface area contributed by atoms with Crippen molar-refractivity contribution in [2.24, 2.45) is 0 Å². The molecule has 0 fully saturated rings. The Labute approximate surface area is 161 Å². The van der Waals surface area contributed by atoms with Crippen LogP contribution in [-0.2, 0) is 14.3 Å². The van der Waals surface area contributed by atoms with E-state index in [4.69, 9.17) is 4.74 Å². The average molecular weight is 410 g/mol. The second kappa shape index (κ2) is 7.93. The van der Waals surface area contributed by atoms with Crippen molar-refractivity contribution in [1.29, 1.82) is 0 Å². The van der Waals surface area contributed by atoms with Gasteiger partial charge in [0.15, 0.2) is 6.61 Å². The van der Waals surface area contributed by atoms with Crippen molar-refractivity contribution in [3.05, 3.63) is 54.1 Å². The Kier molecular flexibility index (Phi) is 5.59. The Balaban J connectivity index is 1.62. The number of amides is 2. The van der Waals surface area contributed by atoms with Crippen LogP contribution in [0, 0.1) is 0 Å². The highest BCUT2D eigenvalue weighted by atomic mass is 32.2. The van der Waals surface area contributed by atoms with Crippen molar-refractivity contribution in [3.8, 4) is 0 Å². The summed E-state index contributed by atoms with van der Waals surface area (Å²) in [7, 11) is 0. The van der Waals surface area contributed by atoms with Gasteiger partial charge in [0.1, 0.15) is 6.54 Å². The Morgan fingerprint density at radius 2 is 1.79 bits per heavy atom. The molecule has 10 heteroatoms. The van der Waals surface area contributed by atoms with Crippen LogP contribution in [0.5, 0.6) is 0 Å². The molecule has 1 aliphatic rings. The average Bonchev–Trinajstić information content (AvgIpc) is 2.64. The lowest BCUT2D eigenvalue weighted by atomic mass is 10.2. The van der Waals surface area contributed by atoms with Gasteiger partial charge in [0.25, 0.3) is 5.91 Å². The van der Waals surface area contributed by atoms with Gasteiger partial charge in [0.2, 0.25) is 5.91 Å². The number of rotatable bonds is 4. The first-order valence-corrected chi connectivity index (χ1v) is 8.77. The second-order valence-electron chi connectivity index (χ2n) is 5.69. The molecule has 28 heavy (non-hydrogen) atoms. The summed E-state index contributed by atoms with van der Waals surface area (Å²) in [6.07, 6.45) is 0. The molecule has 2 amide bonds.